The molecule has 1 saturated heterocycles. The van der Waals surface area contributed by atoms with Crippen molar-refractivity contribution in [2.45, 2.75) is 6.54 Å². The van der Waals surface area contributed by atoms with Crippen LogP contribution in [0, 0.1) is 0 Å². The van der Waals surface area contributed by atoms with Crippen LogP contribution in [0.3, 0.4) is 0 Å². The highest BCUT2D eigenvalue weighted by molar-refractivity contribution is 5.79. The molecule has 1 fully saturated rings. The maximum absolute atomic E-state index is 5.39. The van der Waals surface area contributed by atoms with Gasteiger partial charge in [0.2, 0.25) is 0 Å². The minimum atomic E-state index is 0.841. The zero-order valence-corrected chi connectivity index (χ0v) is 12.3. The highest BCUT2D eigenvalue weighted by atomic mass is 16.5. The number of morpholine rings is 1. The largest absolute Gasteiger partial charge is 0.379 e. The van der Waals surface area contributed by atoms with Crippen LogP contribution >= 0.6 is 0 Å². The van der Waals surface area contributed by atoms with Crippen LogP contribution in [-0.4, -0.2) is 46.4 Å². The summed E-state index contributed by atoms with van der Waals surface area (Å²) in [6.45, 7) is 4.70. The molecule has 0 amide bonds. The predicted octanol–water partition coefficient (Wildman–Crippen LogP) is 2.46. The molecule has 4 rings (SSSR count). The van der Waals surface area contributed by atoms with Crippen molar-refractivity contribution in [1.82, 2.24) is 20.1 Å². The number of aromatic nitrogens is 3. The Morgan fingerprint density at radius 1 is 1.05 bits per heavy atom. The fourth-order valence-corrected chi connectivity index (χ4v) is 2.81. The van der Waals surface area contributed by atoms with E-state index in [4.69, 9.17) is 4.74 Å². The second-order valence-corrected chi connectivity index (χ2v) is 5.61. The van der Waals surface area contributed by atoms with Gasteiger partial charge >= 0.3 is 0 Å². The van der Waals surface area contributed by atoms with Crippen LogP contribution in [-0.2, 0) is 11.3 Å². The number of benzene rings is 1. The molecule has 3 heterocycles. The van der Waals surface area contributed by atoms with E-state index in [-0.39, 0.29) is 0 Å². The number of hydrogen-bond donors (Lipinski definition) is 1. The molecule has 0 unspecified atom stereocenters. The maximum Gasteiger partial charge on any atom is 0.108 e. The lowest BCUT2D eigenvalue weighted by Crippen LogP contribution is -2.35. The molecule has 0 radical (unpaired) electrons. The number of fused-ring (bicyclic) bond motifs is 1. The Morgan fingerprint density at radius 3 is 2.68 bits per heavy atom. The highest BCUT2D eigenvalue weighted by Crippen LogP contribution is 2.22. The number of hydrogen-bond acceptors (Lipinski definition) is 4. The molecule has 5 heteroatoms. The van der Waals surface area contributed by atoms with E-state index in [1.807, 2.05) is 6.20 Å². The van der Waals surface area contributed by atoms with Crippen LogP contribution in [0.1, 0.15) is 5.56 Å². The van der Waals surface area contributed by atoms with Crippen LogP contribution in [0.15, 0.2) is 42.7 Å². The van der Waals surface area contributed by atoms with Crippen molar-refractivity contribution in [1.29, 1.82) is 0 Å². The van der Waals surface area contributed by atoms with E-state index in [1.165, 1.54) is 11.1 Å². The number of pyridine rings is 1. The van der Waals surface area contributed by atoms with Crippen LogP contribution in [0.5, 0.6) is 0 Å². The Balaban J connectivity index is 1.53. The van der Waals surface area contributed by atoms with Crippen molar-refractivity contribution in [3.63, 3.8) is 0 Å². The number of nitrogens with zero attached hydrogens (tertiary/aromatic N) is 3. The summed E-state index contributed by atoms with van der Waals surface area (Å²) in [5.74, 6) is 0. The second kappa shape index (κ2) is 5.87. The maximum atomic E-state index is 5.39. The van der Waals surface area contributed by atoms with Crippen LogP contribution in [0.4, 0.5) is 0 Å². The van der Waals surface area contributed by atoms with Gasteiger partial charge in [0.15, 0.2) is 0 Å². The molecule has 5 nitrogen and oxygen atoms in total. The third-order valence-corrected chi connectivity index (χ3v) is 4.09. The summed E-state index contributed by atoms with van der Waals surface area (Å²) in [7, 11) is 0. The number of H-pyrrole nitrogens is 1. The highest BCUT2D eigenvalue weighted by Gasteiger charge is 2.10. The number of nitrogens with one attached hydrogen (secondary N) is 1. The van der Waals surface area contributed by atoms with Gasteiger partial charge < -0.3 is 4.74 Å². The van der Waals surface area contributed by atoms with Gasteiger partial charge in [0.1, 0.15) is 5.52 Å². The number of rotatable bonds is 3. The van der Waals surface area contributed by atoms with Gasteiger partial charge in [-0.3, -0.25) is 15.0 Å². The number of aromatic amines is 1. The van der Waals surface area contributed by atoms with Gasteiger partial charge in [0.05, 0.1) is 24.9 Å². The number of ether oxygens (including phenoxy) is 1. The van der Waals surface area contributed by atoms with Crippen molar-refractivity contribution in [3.8, 4) is 11.1 Å². The van der Waals surface area contributed by atoms with Gasteiger partial charge in [-0.1, -0.05) is 24.3 Å². The molecule has 1 aliphatic rings. The van der Waals surface area contributed by atoms with Gasteiger partial charge in [0.25, 0.3) is 0 Å². The first kappa shape index (κ1) is 13.4. The molecule has 0 bridgehead atoms. The van der Waals surface area contributed by atoms with E-state index in [2.05, 4.69) is 50.4 Å². The fourth-order valence-electron chi connectivity index (χ4n) is 2.81. The van der Waals surface area contributed by atoms with Gasteiger partial charge in [-0.15, -0.1) is 0 Å². The van der Waals surface area contributed by atoms with E-state index in [1.54, 1.807) is 6.20 Å². The second-order valence-electron chi connectivity index (χ2n) is 5.61. The zero-order valence-electron chi connectivity index (χ0n) is 12.3. The summed E-state index contributed by atoms with van der Waals surface area (Å²) in [6.07, 6.45) is 3.64. The fraction of sp³-hybridized carbons (Fsp3) is 0.294. The van der Waals surface area contributed by atoms with Gasteiger partial charge in [-0.05, 0) is 17.2 Å². The van der Waals surface area contributed by atoms with Crippen molar-refractivity contribution in [2.75, 3.05) is 26.3 Å². The Hall–Kier alpha value is -2.24. The van der Waals surface area contributed by atoms with Crippen molar-refractivity contribution in [3.05, 3.63) is 48.3 Å². The Labute approximate surface area is 128 Å². The summed E-state index contributed by atoms with van der Waals surface area (Å²) in [4.78, 5) is 6.84. The SMILES string of the molecule is c1cc(-c2cnc3cn[nH]c3c2)ccc1CN1CCOCC1. The first-order chi connectivity index (χ1) is 10.9. The molecule has 1 N–H and O–H groups in total. The standard InChI is InChI=1S/C17H18N4O/c1-3-14(15-9-16-17(18-10-15)11-19-20-16)4-2-13(1)12-21-5-7-22-8-6-21/h1-4,9-11H,5-8,12H2,(H,19,20). The smallest absolute Gasteiger partial charge is 0.108 e. The van der Waals surface area contributed by atoms with E-state index in [0.29, 0.717) is 0 Å². The van der Waals surface area contributed by atoms with E-state index in [0.717, 1.165) is 49.4 Å². The topological polar surface area (TPSA) is 54.0 Å². The molecule has 1 aliphatic heterocycles. The first-order valence-electron chi connectivity index (χ1n) is 7.57. The minimum absolute atomic E-state index is 0.841. The van der Waals surface area contributed by atoms with E-state index in [9.17, 15) is 0 Å². The minimum Gasteiger partial charge on any atom is -0.379 e. The normalized spacial score (nSPS) is 16.2. The van der Waals surface area contributed by atoms with E-state index >= 15 is 0 Å². The molecule has 0 aliphatic carbocycles. The Morgan fingerprint density at radius 2 is 1.86 bits per heavy atom. The average Bonchev–Trinajstić information content (AvgIpc) is 3.04. The van der Waals surface area contributed by atoms with Crippen LogP contribution in [0.2, 0.25) is 0 Å². The average molecular weight is 294 g/mol. The first-order valence-corrected chi connectivity index (χ1v) is 7.57. The summed E-state index contributed by atoms with van der Waals surface area (Å²) in [6, 6.07) is 10.8. The molecule has 0 atom stereocenters. The molecule has 1 aromatic carbocycles. The third-order valence-electron chi connectivity index (χ3n) is 4.09. The summed E-state index contributed by atoms with van der Waals surface area (Å²) in [5.41, 5.74) is 5.48. The van der Waals surface area contributed by atoms with Crippen molar-refractivity contribution < 1.29 is 4.74 Å². The monoisotopic (exact) mass is 294 g/mol. The molecule has 2 aromatic heterocycles. The van der Waals surface area contributed by atoms with Crippen LogP contribution in [0.25, 0.3) is 22.2 Å². The molecule has 112 valence electrons. The molecule has 3 aromatic rings. The lowest BCUT2D eigenvalue weighted by Gasteiger charge is -2.26. The lowest BCUT2D eigenvalue weighted by atomic mass is 10.0. The zero-order chi connectivity index (χ0) is 14.8. The van der Waals surface area contributed by atoms with Gasteiger partial charge in [-0.25, -0.2) is 0 Å². The predicted molar refractivity (Wildman–Crippen MR) is 85.4 cm³/mol. The van der Waals surface area contributed by atoms with Crippen LogP contribution < -0.4 is 0 Å². The summed E-state index contributed by atoms with van der Waals surface area (Å²) < 4.78 is 5.39. The van der Waals surface area contributed by atoms with Gasteiger partial charge in [-0.2, -0.15) is 5.10 Å². The van der Waals surface area contributed by atoms with Gasteiger partial charge in [0, 0.05) is 31.4 Å². The molecular formula is C17H18N4O. The third kappa shape index (κ3) is 2.73. The molecule has 22 heavy (non-hydrogen) atoms. The summed E-state index contributed by atoms with van der Waals surface area (Å²) in [5, 5.41) is 6.98. The van der Waals surface area contributed by atoms with Crippen molar-refractivity contribution in [2.24, 2.45) is 0 Å². The molecule has 0 spiro atoms. The lowest BCUT2D eigenvalue weighted by molar-refractivity contribution is 0.0342. The quantitative estimate of drug-likeness (QED) is 0.806. The van der Waals surface area contributed by atoms with E-state index < -0.39 is 0 Å². The summed E-state index contributed by atoms with van der Waals surface area (Å²) >= 11 is 0. The molecular weight excluding hydrogens is 276 g/mol. The Bertz CT molecular complexity index is 760. The van der Waals surface area contributed by atoms with Crippen molar-refractivity contribution >= 4 is 11.0 Å². The Kier molecular flexibility index (Phi) is 3.58. The molecule has 0 saturated carbocycles.